The maximum Gasteiger partial charge on any atom is 0.303 e. The zero-order chi connectivity index (χ0) is 15.1. The smallest absolute Gasteiger partial charge is 0.303 e. The molecule has 2 unspecified atom stereocenters. The van der Waals surface area contributed by atoms with Crippen LogP contribution in [-0.4, -0.2) is 29.1 Å². The van der Waals surface area contributed by atoms with Crippen LogP contribution in [0.5, 0.6) is 5.75 Å². The number of carboxylic acids is 1. The molecule has 1 aromatic rings. The molecule has 5 nitrogen and oxygen atoms in total. The number of rotatable bonds is 7. The van der Waals surface area contributed by atoms with Crippen LogP contribution in [-0.2, 0) is 9.59 Å². The van der Waals surface area contributed by atoms with Crippen LogP contribution in [0.25, 0.3) is 0 Å². The summed E-state index contributed by atoms with van der Waals surface area (Å²) in [5, 5.41) is 11.3. The molecule has 1 rings (SSSR count). The highest BCUT2D eigenvalue weighted by molar-refractivity contribution is 9.10. The van der Waals surface area contributed by atoms with E-state index in [1.807, 2.05) is 18.2 Å². The molecule has 2 N–H and O–H groups in total. The Balaban J connectivity index is 2.47. The van der Waals surface area contributed by atoms with Crippen LogP contribution in [0.3, 0.4) is 0 Å². The zero-order valence-electron chi connectivity index (χ0n) is 11.4. The third-order valence-corrected chi connectivity index (χ3v) is 3.34. The van der Waals surface area contributed by atoms with Gasteiger partial charge in [-0.15, -0.1) is 0 Å². The lowest BCUT2D eigenvalue weighted by Gasteiger charge is -2.18. The van der Waals surface area contributed by atoms with Crippen LogP contribution in [0.4, 0.5) is 0 Å². The van der Waals surface area contributed by atoms with Gasteiger partial charge in [-0.2, -0.15) is 0 Å². The molecular weight excluding hydrogens is 326 g/mol. The maximum atomic E-state index is 11.9. The van der Waals surface area contributed by atoms with E-state index >= 15 is 0 Å². The predicted octanol–water partition coefficient (Wildman–Crippen LogP) is 2.59. The van der Waals surface area contributed by atoms with Gasteiger partial charge in [0.1, 0.15) is 5.75 Å². The molecule has 20 heavy (non-hydrogen) atoms. The Bertz CT molecular complexity index is 478. The number of halogens is 1. The summed E-state index contributed by atoms with van der Waals surface area (Å²) in [5.41, 5.74) is 0. The first-order valence-corrected chi connectivity index (χ1v) is 7.12. The lowest BCUT2D eigenvalue weighted by molar-refractivity contribution is -0.137. The van der Waals surface area contributed by atoms with Crippen molar-refractivity contribution in [1.29, 1.82) is 0 Å². The predicted molar refractivity (Wildman–Crippen MR) is 78.7 cm³/mol. The summed E-state index contributed by atoms with van der Waals surface area (Å²) in [7, 11) is 0. The first-order valence-electron chi connectivity index (χ1n) is 6.33. The molecule has 1 aromatic carbocycles. The highest BCUT2D eigenvalue weighted by Crippen LogP contribution is 2.24. The van der Waals surface area contributed by atoms with Crippen molar-refractivity contribution in [3.8, 4) is 5.75 Å². The number of nitrogens with one attached hydrogen (secondary N) is 1. The molecule has 0 bridgehead atoms. The topological polar surface area (TPSA) is 75.6 Å². The molecule has 110 valence electrons. The van der Waals surface area contributed by atoms with E-state index in [-0.39, 0.29) is 18.4 Å². The summed E-state index contributed by atoms with van der Waals surface area (Å²) in [5.74, 6) is -0.546. The Hall–Kier alpha value is -1.56. The van der Waals surface area contributed by atoms with Crippen molar-refractivity contribution in [2.24, 2.45) is 0 Å². The minimum absolute atomic E-state index is 0.0287. The van der Waals surface area contributed by atoms with Gasteiger partial charge in [0.25, 0.3) is 5.91 Å². The van der Waals surface area contributed by atoms with Crippen molar-refractivity contribution in [2.45, 2.75) is 38.8 Å². The number of carboxylic acid groups (broad SMARTS) is 1. The van der Waals surface area contributed by atoms with E-state index in [1.54, 1.807) is 19.9 Å². The molecule has 0 heterocycles. The molecule has 0 saturated heterocycles. The van der Waals surface area contributed by atoms with E-state index in [0.29, 0.717) is 12.2 Å². The lowest BCUT2D eigenvalue weighted by atomic mass is 10.2. The highest BCUT2D eigenvalue weighted by atomic mass is 79.9. The molecule has 0 aromatic heterocycles. The number of ether oxygens (including phenoxy) is 1. The minimum Gasteiger partial charge on any atom is -0.481 e. The van der Waals surface area contributed by atoms with Crippen LogP contribution >= 0.6 is 15.9 Å². The number of carbonyl (C=O) groups excluding carboxylic acids is 1. The number of hydrogen-bond acceptors (Lipinski definition) is 3. The number of benzene rings is 1. The van der Waals surface area contributed by atoms with Gasteiger partial charge in [0.15, 0.2) is 6.10 Å². The van der Waals surface area contributed by atoms with Crippen molar-refractivity contribution in [2.75, 3.05) is 0 Å². The van der Waals surface area contributed by atoms with Gasteiger partial charge in [-0.25, -0.2) is 0 Å². The van der Waals surface area contributed by atoms with Crippen molar-refractivity contribution >= 4 is 27.8 Å². The monoisotopic (exact) mass is 343 g/mol. The number of para-hydroxylation sites is 1. The summed E-state index contributed by atoms with van der Waals surface area (Å²) in [6.07, 6.45) is -0.231. The van der Waals surface area contributed by atoms with Crippen molar-refractivity contribution < 1.29 is 19.4 Å². The summed E-state index contributed by atoms with van der Waals surface area (Å²) in [6, 6.07) is 7.07. The molecule has 0 aliphatic rings. The van der Waals surface area contributed by atoms with E-state index in [9.17, 15) is 9.59 Å². The molecule has 1 amide bonds. The van der Waals surface area contributed by atoms with Gasteiger partial charge in [-0.05, 0) is 48.3 Å². The number of aliphatic carboxylic acids is 1. The first kappa shape index (κ1) is 16.5. The van der Waals surface area contributed by atoms with Gasteiger partial charge in [0.2, 0.25) is 0 Å². The molecule has 0 saturated carbocycles. The highest BCUT2D eigenvalue weighted by Gasteiger charge is 2.18. The summed E-state index contributed by atoms with van der Waals surface area (Å²) >= 11 is 3.34. The molecule has 0 aliphatic heterocycles. The fourth-order valence-electron chi connectivity index (χ4n) is 1.56. The second kappa shape index (κ2) is 7.89. The van der Waals surface area contributed by atoms with Crippen LogP contribution in [0.2, 0.25) is 0 Å². The van der Waals surface area contributed by atoms with Gasteiger partial charge in [-0.1, -0.05) is 12.1 Å². The zero-order valence-corrected chi connectivity index (χ0v) is 13.0. The van der Waals surface area contributed by atoms with Gasteiger partial charge < -0.3 is 15.2 Å². The third kappa shape index (κ3) is 5.61. The largest absolute Gasteiger partial charge is 0.481 e. The lowest BCUT2D eigenvalue weighted by Crippen LogP contribution is -2.41. The normalized spacial score (nSPS) is 13.3. The number of hydrogen-bond donors (Lipinski definition) is 2. The average Bonchev–Trinajstić information content (AvgIpc) is 2.39. The van der Waals surface area contributed by atoms with E-state index < -0.39 is 12.1 Å². The van der Waals surface area contributed by atoms with E-state index in [0.717, 1.165) is 4.47 Å². The third-order valence-electron chi connectivity index (χ3n) is 2.69. The fourth-order valence-corrected chi connectivity index (χ4v) is 1.93. The Kier molecular flexibility index (Phi) is 6.51. The van der Waals surface area contributed by atoms with E-state index in [4.69, 9.17) is 9.84 Å². The van der Waals surface area contributed by atoms with E-state index in [1.165, 1.54) is 0 Å². The molecule has 0 spiro atoms. The molecule has 6 heteroatoms. The first-order chi connectivity index (χ1) is 9.40. The number of carbonyl (C=O) groups is 2. The average molecular weight is 344 g/mol. The van der Waals surface area contributed by atoms with Crippen molar-refractivity contribution in [1.82, 2.24) is 5.32 Å². The molecule has 0 fully saturated rings. The Morgan fingerprint density at radius 1 is 1.35 bits per heavy atom. The standard InChI is InChI=1S/C14H18BrNO4/c1-9(7-8-13(17)18)16-14(19)10(2)20-12-6-4-3-5-11(12)15/h3-6,9-10H,7-8H2,1-2H3,(H,16,19)(H,17,18). The Morgan fingerprint density at radius 3 is 2.60 bits per heavy atom. The van der Waals surface area contributed by atoms with Gasteiger partial charge >= 0.3 is 5.97 Å². The molecule has 0 radical (unpaired) electrons. The summed E-state index contributed by atoms with van der Waals surface area (Å²) in [4.78, 5) is 22.4. The maximum absolute atomic E-state index is 11.9. The SMILES string of the molecule is CC(CCC(=O)O)NC(=O)C(C)Oc1ccccc1Br. The summed E-state index contributed by atoms with van der Waals surface area (Å²) < 4.78 is 6.33. The van der Waals surface area contributed by atoms with Crippen LogP contribution in [0.1, 0.15) is 26.7 Å². The second-order valence-corrected chi connectivity index (χ2v) is 5.39. The quantitative estimate of drug-likeness (QED) is 0.797. The summed E-state index contributed by atoms with van der Waals surface area (Å²) in [6.45, 7) is 3.42. The van der Waals surface area contributed by atoms with Crippen LogP contribution < -0.4 is 10.1 Å². The van der Waals surface area contributed by atoms with Crippen LogP contribution in [0.15, 0.2) is 28.7 Å². The number of amides is 1. The van der Waals surface area contributed by atoms with Crippen molar-refractivity contribution in [3.05, 3.63) is 28.7 Å². The second-order valence-electron chi connectivity index (χ2n) is 4.53. The fraction of sp³-hybridized carbons (Fsp3) is 0.429. The minimum atomic E-state index is -0.872. The van der Waals surface area contributed by atoms with Crippen molar-refractivity contribution in [3.63, 3.8) is 0 Å². The van der Waals surface area contributed by atoms with Gasteiger partial charge in [-0.3, -0.25) is 9.59 Å². The molecule has 2 atom stereocenters. The molecule has 0 aliphatic carbocycles. The van der Waals surface area contributed by atoms with Gasteiger partial charge in [0, 0.05) is 12.5 Å². The molecular formula is C14H18BrNO4. The van der Waals surface area contributed by atoms with Gasteiger partial charge in [0.05, 0.1) is 4.47 Å². The Morgan fingerprint density at radius 2 is 2.00 bits per heavy atom. The Labute approximate surface area is 126 Å². The van der Waals surface area contributed by atoms with E-state index in [2.05, 4.69) is 21.2 Å². The van der Waals surface area contributed by atoms with Crippen LogP contribution in [0, 0.1) is 0 Å².